The van der Waals surface area contributed by atoms with Gasteiger partial charge in [0, 0.05) is 25.7 Å². The molecule has 7 heteroatoms. The van der Waals surface area contributed by atoms with Gasteiger partial charge in [-0.15, -0.1) is 0 Å². The van der Waals surface area contributed by atoms with E-state index < -0.39 is 0 Å². The summed E-state index contributed by atoms with van der Waals surface area (Å²) in [5, 5.41) is 2.78. The van der Waals surface area contributed by atoms with Gasteiger partial charge in [-0.2, -0.15) is 0 Å². The number of nitrogens with one attached hydrogen (secondary N) is 1. The van der Waals surface area contributed by atoms with Crippen molar-refractivity contribution in [2.45, 2.75) is 6.92 Å². The third-order valence-corrected chi connectivity index (χ3v) is 4.08. The molecule has 0 heterocycles. The molecular weight excluding hydrogens is 348 g/mol. The van der Waals surface area contributed by atoms with Gasteiger partial charge in [-0.3, -0.25) is 9.59 Å². The minimum Gasteiger partial charge on any atom is -0.496 e. The second-order valence-corrected chi connectivity index (χ2v) is 6.09. The second-order valence-electron chi connectivity index (χ2n) is 6.09. The van der Waals surface area contributed by atoms with Gasteiger partial charge in [0.15, 0.2) is 11.5 Å². The number of nitrogens with zero attached hydrogens (tertiary/aromatic N) is 1. The van der Waals surface area contributed by atoms with Crippen molar-refractivity contribution in [3.05, 3.63) is 47.0 Å². The Hall–Kier alpha value is -3.22. The molecule has 0 saturated carbocycles. The minimum absolute atomic E-state index is 0.271. The largest absolute Gasteiger partial charge is 0.496 e. The summed E-state index contributed by atoms with van der Waals surface area (Å²) in [5.74, 6) is 0.780. The van der Waals surface area contributed by atoms with E-state index in [4.69, 9.17) is 14.2 Å². The maximum atomic E-state index is 12.7. The van der Waals surface area contributed by atoms with Gasteiger partial charge in [-0.1, -0.05) is 6.07 Å². The number of methoxy groups -OCH3 is 3. The lowest BCUT2D eigenvalue weighted by Gasteiger charge is -2.18. The summed E-state index contributed by atoms with van der Waals surface area (Å²) in [6.45, 7) is 1.89. The molecule has 2 amide bonds. The molecule has 0 aromatic heterocycles. The number of hydrogen-bond acceptors (Lipinski definition) is 5. The van der Waals surface area contributed by atoms with E-state index in [-0.39, 0.29) is 11.8 Å². The SMILES string of the molecule is COc1cc(C(=O)Nc2cc(OC)c(OC)cc2C(=O)N(C)C)ccc1C. The van der Waals surface area contributed by atoms with Crippen LogP contribution in [0.15, 0.2) is 30.3 Å². The van der Waals surface area contributed by atoms with Crippen LogP contribution in [0.2, 0.25) is 0 Å². The fourth-order valence-electron chi connectivity index (χ4n) is 2.56. The number of ether oxygens (including phenoxy) is 3. The summed E-state index contributed by atoms with van der Waals surface area (Å²) in [6, 6.07) is 8.26. The van der Waals surface area contributed by atoms with E-state index in [1.807, 2.05) is 6.92 Å². The maximum Gasteiger partial charge on any atom is 0.255 e. The first-order valence-corrected chi connectivity index (χ1v) is 8.26. The highest BCUT2D eigenvalue weighted by Crippen LogP contribution is 2.34. The summed E-state index contributed by atoms with van der Waals surface area (Å²) in [7, 11) is 7.79. The zero-order chi connectivity index (χ0) is 20.1. The highest BCUT2D eigenvalue weighted by molar-refractivity contribution is 6.09. The summed E-state index contributed by atoms with van der Waals surface area (Å²) in [4.78, 5) is 26.7. The molecule has 0 saturated heterocycles. The van der Waals surface area contributed by atoms with Crippen LogP contribution < -0.4 is 19.5 Å². The molecule has 0 fully saturated rings. The Bertz CT molecular complexity index is 862. The number of aryl methyl sites for hydroxylation is 1. The van der Waals surface area contributed by atoms with E-state index in [9.17, 15) is 9.59 Å². The Labute approximate surface area is 158 Å². The highest BCUT2D eigenvalue weighted by atomic mass is 16.5. The molecule has 0 unspecified atom stereocenters. The van der Waals surface area contributed by atoms with Crippen molar-refractivity contribution in [3.63, 3.8) is 0 Å². The average Bonchev–Trinajstić information content (AvgIpc) is 2.67. The van der Waals surface area contributed by atoms with Crippen molar-refractivity contribution < 1.29 is 23.8 Å². The summed E-state index contributed by atoms with van der Waals surface area (Å²) in [5.41, 5.74) is 1.96. The third-order valence-electron chi connectivity index (χ3n) is 4.08. The molecule has 2 aromatic rings. The quantitative estimate of drug-likeness (QED) is 0.844. The molecule has 27 heavy (non-hydrogen) atoms. The van der Waals surface area contributed by atoms with E-state index in [1.165, 1.54) is 19.1 Å². The van der Waals surface area contributed by atoms with Gasteiger partial charge < -0.3 is 24.4 Å². The highest BCUT2D eigenvalue weighted by Gasteiger charge is 2.20. The number of anilines is 1. The lowest BCUT2D eigenvalue weighted by Crippen LogP contribution is -2.24. The van der Waals surface area contributed by atoms with Crippen LogP contribution in [0.5, 0.6) is 17.2 Å². The van der Waals surface area contributed by atoms with Crippen molar-refractivity contribution in [3.8, 4) is 17.2 Å². The van der Waals surface area contributed by atoms with Crippen molar-refractivity contribution >= 4 is 17.5 Å². The Morgan fingerprint density at radius 3 is 2.04 bits per heavy atom. The fourth-order valence-corrected chi connectivity index (χ4v) is 2.56. The first-order valence-electron chi connectivity index (χ1n) is 8.26. The number of benzene rings is 2. The lowest BCUT2D eigenvalue weighted by molar-refractivity contribution is 0.0828. The van der Waals surface area contributed by atoms with Gasteiger partial charge in [0.1, 0.15) is 5.75 Å². The Morgan fingerprint density at radius 1 is 0.889 bits per heavy atom. The zero-order valence-corrected chi connectivity index (χ0v) is 16.4. The number of hydrogen-bond donors (Lipinski definition) is 1. The Morgan fingerprint density at radius 2 is 1.48 bits per heavy atom. The van der Waals surface area contributed by atoms with Crippen LogP contribution in [0.1, 0.15) is 26.3 Å². The van der Waals surface area contributed by atoms with Crippen LogP contribution in [-0.4, -0.2) is 52.1 Å². The summed E-state index contributed by atoms with van der Waals surface area (Å²) >= 11 is 0. The normalized spacial score (nSPS) is 10.1. The van der Waals surface area contributed by atoms with Crippen LogP contribution in [0.4, 0.5) is 5.69 Å². The maximum absolute atomic E-state index is 12.7. The molecule has 7 nitrogen and oxygen atoms in total. The fraction of sp³-hybridized carbons (Fsp3) is 0.300. The van der Waals surface area contributed by atoms with Crippen LogP contribution >= 0.6 is 0 Å². The number of rotatable bonds is 6. The van der Waals surface area contributed by atoms with Gasteiger partial charge in [0.05, 0.1) is 32.6 Å². The summed E-state index contributed by atoms with van der Waals surface area (Å²) in [6.07, 6.45) is 0. The van der Waals surface area contributed by atoms with E-state index in [2.05, 4.69) is 5.32 Å². The average molecular weight is 372 g/mol. The Balaban J connectivity index is 2.47. The summed E-state index contributed by atoms with van der Waals surface area (Å²) < 4.78 is 15.8. The van der Waals surface area contributed by atoms with E-state index in [1.54, 1.807) is 51.5 Å². The van der Waals surface area contributed by atoms with Gasteiger partial charge in [-0.25, -0.2) is 0 Å². The smallest absolute Gasteiger partial charge is 0.255 e. The predicted octanol–water partition coefficient (Wildman–Crippen LogP) is 2.97. The minimum atomic E-state index is -0.367. The molecule has 144 valence electrons. The van der Waals surface area contributed by atoms with Crippen LogP contribution in [0, 0.1) is 6.92 Å². The van der Waals surface area contributed by atoms with Gasteiger partial charge in [-0.05, 0) is 30.7 Å². The topological polar surface area (TPSA) is 77.1 Å². The van der Waals surface area contributed by atoms with Crippen molar-refractivity contribution in [1.29, 1.82) is 0 Å². The molecular formula is C20H24N2O5. The number of carbonyl (C=O) groups excluding carboxylic acids is 2. The molecule has 0 aliphatic carbocycles. The number of amides is 2. The number of carbonyl (C=O) groups is 2. The van der Waals surface area contributed by atoms with Gasteiger partial charge in [0.2, 0.25) is 0 Å². The molecule has 2 aromatic carbocycles. The molecule has 0 aliphatic heterocycles. The van der Waals surface area contributed by atoms with Crippen LogP contribution in [0.3, 0.4) is 0 Å². The second kappa shape index (κ2) is 8.44. The molecule has 0 radical (unpaired) electrons. The first-order chi connectivity index (χ1) is 12.8. The van der Waals surface area contributed by atoms with Crippen LogP contribution in [-0.2, 0) is 0 Å². The van der Waals surface area contributed by atoms with Crippen molar-refractivity contribution in [2.75, 3.05) is 40.7 Å². The van der Waals surface area contributed by atoms with Crippen LogP contribution in [0.25, 0.3) is 0 Å². The third kappa shape index (κ3) is 4.31. The lowest BCUT2D eigenvalue weighted by atomic mass is 10.1. The zero-order valence-electron chi connectivity index (χ0n) is 16.4. The van der Waals surface area contributed by atoms with E-state index >= 15 is 0 Å². The molecule has 2 rings (SSSR count). The molecule has 0 aliphatic rings. The molecule has 1 N–H and O–H groups in total. The first kappa shape index (κ1) is 20.1. The molecule has 0 spiro atoms. The van der Waals surface area contributed by atoms with Crippen molar-refractivity contribution in [1.82, 2.24) is 4.90 Å². The monoisotopic (exact) mass is 372 g/mol. The van der Waals surface area contributed by atoms with Crippen molar-refractivity contribution in [2.24, 2.45) is 0 Å². The standard InChI is InChI=1S/C20H24N2O5/c1-12-7-8-13(9-16(12)25-4)19(23)21-15-11-18(27-6)17(26-5)10-14(15)20(24)22(2)3/h7-11H,1-6H3,(H,21,23). The van der Waals surface area contributed by atoms with E-state index in [0.717, 1.165) is 5.56 Å². The van der Waals surface area contributed by atoms with E-state index in [0.29, 0.717) is 34.1 Å². The molecule has 0 bridgehead atoms. The van der Waals surface area contributed by atoms with Gasteiger partial charge in [0.25, 0.3) is 11.8 Å². The molecule has 0 atom stereocenters. The predicted molar refractivity (Wildman–Crippen MR) is 103 cm³/mol. The Kier molecular flexibility index (Phi) is 6.28. The van der Waals surface area contributed by atoms with Gasteiger partial charge >= 0.3 is 0 Å².